The van der Waals surface area contributed by atoms with Crippen LogP contribution in [0.15, 0.2) is 23.3 Å². The lowest BCUT2D eigenvalue weighted by atomic mass is 9.51. The Morgan fingerprint density at radius 2 is 1.88 bits per heavy atom. The predicted octanol–water partition coefficient (Wildman–Crippen LogP) is 4.61. The van der Waals surface area contributed by atoms with Crippen molar-refractivity contribution in [3.8, 4) is 0 Å². The maximum atomic E-state index is 10.3. The van der Waals surface area contributed by atoms with E-state index in [9.17, 15) is 5.11 Å². The molecule has 1 heterocycles. The summed E-state index contributed by atoms with van der Waals surface area (Å²) in [5, 5.41) is 10.3. The molecule has 3 heteroatoms. The van der Waals surface area contributed by atoms with Gasteiger partial charge in [0.15, 0.2) is 5.79 Å². The lowest BCUT2D eigenvalue weighted by Gasteiger charge is -2.55. The Balaban J connectivity index is 1.47. The van der Waals surface area contributed by atoms with Crippen LogP contribution in [0.25, 0.3) is 0 Å². The zero-order valence-electron chi connectivity index (χ0n) is 16.6. The van der Waals surface area contributed by atoms with Gasteiger partial charge in [-0.05, 0) is 62.2 Å². The van der Waals surface area contributed by atoms with E-state index in [4.69, 9.17) is 9.47 Å². The Hall–Kier alpha value is -0.640. The first-order valence-electron chi connectivity index (χ1n) is 10.7. The van der Waals surface area contributed by atoms with E-state index in [1.165, 1.54) is 19.3 Å². The molecule has 5 rings (SSSR count). The molecule has 1 N–H and O–H groups in total. The molecule has 1 saturated heterocycles. The number of allylic oxidation sites excluding steroid dienone is 3. The van der Waals surface area contributed by atoms with Gasteiger partial charge in [0.05, 0.1) is 19.3 Å². The lowest BCUT2D eigenvalue weighted by Crippen LogP contribution is -2.48. The molecule has 0 aromatic rings. The summed E-state index contributed by atoms with van der Waals surface area (Å²) in [6, 6.07) is 0. The normalized spacial score (nSPS) is 47.6. The molecule has 3 fully saturated rings. The van der Waals surface area contributed by atoms with E-state index in [0.717, 1.165) is 44.8 Å². The van der Waals surface area contributed by atoms with Crippen LogP contribution in [-0.2, 0) is 9.47 Å². The standard InChI is InChI=1S/C23H34O3/c1-15(24)18-6-7-19-17-5-4-16-14-23(25-12-13-26-23)11-10-21(16,2)20(17)8-9-22(18,19)3/h4,8,15,17-19,24H,5-7,9-14H2,1-3H3. The largest absolute Gasteiger partial charge is 0.393 e. The molecular formula is C23H34O3. The van der Waals surface area contributed by atoms with Crippen LogP contribution in [0.3, 0.4) is 0 Å². The van der Waals surface area contributed by atoms with Crippen LogP contribution in [-0.4, -0.2) is 30.2 Å². The quantitative estimate of drug-likeness (QED) is 0.696. The van der Waals surface area contributed by atoms with Crippen molar-refractivity contribution in [1.29, 1.82) is 0 Å². The Morgan fingerprint density at radius 1 is 1.12 bits per heavy atom. The molecule has 3 nitrogen and oxygen atoms in total. The fourth-order valence-corrected chi connectivity index (χ4v) is 7.49. The molecule has 1 spiro atoms. The summed E-state index contributed by atoms with van der Waals surface area (Å²) in [6.07, 6.45) is 12.8. The summed E-state index contributed by atoms with van der Waals surface area (Å²) in [5.41, 5.74) is 3.74. The van der Waals surface area contributed by atoms with Gasteiger partial charge in [-0.3, -0.25) is 0 Å². The molecule has 2 saturated carbocycles. The van der Waals surface area contributed by atoms with Gasteiger partial charge in [0.25, 0.3) is 0 Å². The second-order valence-corrected chi connectivity index (χ2v) is 10.1. The summed E-state index contributed by atoms with van der Waals surface area (Å²) in [5.74, 6) is 1.53. The fourth-order valence-electron chi connectivity index (χ4n) is 7.49. The predicted molar refractivity (Wildman–Crippen MR) is 101 cm³/mol. The number of aliphatic hydroxyl groups is 1. The van der Waals surface area contributed by atoms with E-state index in [1.807, 2.05) is 6.92 Å². The third-order valence-corrected chi connectivity index (χ3v) is 8.96. The average molecular weight is 359 g/mol. The summed E-state index contributed by atoms with van der Waals surface area (Å²) < 4.78 is 12.1. The smallest absolute Gasteiger partial charge is 0.172 e. The second-order valence-electron chi connectivity index (χ2n) is 10.1. The number of rotatable bonds is 1. The second kappa shape index (κ2) is 5.68. The third kappa shape index (κ3) is 2.23. The van der Waals surface area contributed by atoms with Gasteiger partial charge in [-0.1, -0.05) is 37.1 Å². The van der Waals surface area contributed by atoms with Crippen LogP contribution in [0, 0.1) is 28.6 Å². The fraction of sp³-hybridized carbons (Fsp3) is 0.826. The molecule has 144 valence electrons. The minimum absolute atomic E-state index is 0.184. The molecule has 0 aromatic carbocycles. The molecular weight excluding hydrogens is 324 g/mol. The van der Waals surface area contributed by atoms with Gasteiger partial charge in [0, 0.05) is 18.3 Å². The van der Waals surface area contributed by atoms with Gasteiger partial charge in [-0.25, -0.2) is 0 Å². The van der Waals surface area contributed by atoms with Crippen LogP contribution in [0.1, 0.15) is 65.7 Å². The molecule has 6 unspecified atom stereocenters. The molecule has 1 aliphatic heterocycles. The van der Waals surface area contributed by atoms with Crippen molar-refractivity contribution in [2.75, 3.05) is 13.2 Å². The molecule has 0 radical (unpaired) electrons. The summed E-state index contributed by atoms with van der Waals surface area (Å²) >= 11 is 0. The maximum absolute atomic E-state index is 10.3. The van der Waals surface area contributed by atoms with Gasteiger partial charge in [0.1, 0.15) is 0 Å². The van der Waals surface area contributed by atoms with E-state index in [2.05, 4.69) is 26.0 Å². The first kappa shape index (κ1) is 17.5. The zero-order chi connectivity index (χ0) is 18.2. The van der Waals surface area contributed by atoms with Crippen molar-refractivity contribution >= 4 is 0 Å². The highest BCUT2D eigenvalue weighted by Crippen LogP contribution is 2.65. The SMILES string of the molecule is CC(O)C1CCC2C3CC=C4CC5(CCC4(C)C3=CCC12C)OCCO5. The molecule has 0 amide bonds. The van der Waals surface area contributed by atoms with E-state index in [-0.39, 0.29) is 22.7 Å². The van der Waals surface area contributed by atoms with E-state index in [0.29, 0.717) is 11.8 Å². The number of aliphatic hydroxyl groups excluding tert-OH is 1. The first-order chi connectivity index (χ1) is 12.4. The summed E-state index contributed by atoms with van der Waals surface area (Å²) in [6.45, 7) is 8.42. The molecule has 5 aliphatic rings. The molecule has 26 heavy (non-hydrogen) atoms. The van der Waals surface area contributed by atoms with Crippen molar-refractivity contribution in [3.63, 3.8) is 0 Å². The molecule has 4 aliphatic carbocycles. The number of ether oxygens (including phenoxy) is 2. The van der Waals surface area contributed by atoms with Crippen LogP contribution < -0.4 is 0 Å². The van der Waals surface area contributed by atoms with Crippen molar-refractivity contribution in [3.05, 3.63) is 23.3 Å². The Morgan fingerprint density at radius 3 is 2.62 bits per heavy atom. The van der Waals surface area contributed by atoms with Gasteiger partial charge >= 0.3 is 0 Å². The van der Waals surface area contributed by atoms with Crippen LogP contribution in [0.2, 0.25) is 0 Å². The first-order valence-corrected chi connectivity index (χ1v) is 10.7. The van der Waals surface area contributed by atoms with Crippen LogP contribution >= 0.6 is 0 Å². The van der Waals surface area contributed by atoms with Crippen molar-refractivity contribution < 1.29 is 14.6 Å². The number of hydrogen-bond donors (Lipinski definition) is 1. The van der Waals surface area contributed by atoms with Crippen LogP contribution in [0.5, 0.6) is 0 Å². The Kier molecular flexibility index (Phi) is 3.82. The van der Waals surface area contributed by atoms with Crippen LogP contribution in [0.4, 0.5) is 0 Å². The molecule has 6 atom stereocenters. The minimum Gasteiger partial charge on any atom is -0.393 e. The topological polar surface area (TPSA) is 38.7 Å². The Bertz CT molecular complexity index is 656. The third-order valence-electron chi connectivity index (χ3n) is 8.96. The number of hydrogen-bond acceptors (Lipinski definition) is 3. The highest BCUT2D eigenvalue weighted by Gasteiger charge is 2.58. The number of fused-ring (bicyclic) bond motifs is 5. The zero-order valence-corrected chi connectivity index (χ0v) is 16.6. The highest BCUT2D eigenvalue weighted by atomic mass is 16.7. The highest BCUT2D eigenvalue weighted by molar-refractivity contribution is 5.40. The monoisotopic (exact) mass is 358 g/mol. The summed E-state index contributed by atoms with van der Waals surface area (Å²) in [7, 11) is 0. The van der Waals surface area contributed by atoms with Gasteiger partial charge in [0.2, 0.25) is 0 Å². The van der Waals surface area contributed by atoms with Gasteiger partial charge < -0.3 is 14.6 Å². The van der Waals surface area contributed by atoms with E-state index >= 15 is 0 Å². The maximum Gasteiger partial charge on any atom is 0.172 e. The molecule has 0 aromatic heterocycles. The van der Waals surface area contributed by atoms with Gasteiger partial charge in [-0.2, -0.15) is 0 Å². The average Bonchev–Trinajstić information content (AvgIpc) is 3.20. The van der Waals surface area contributed by atoms with E-state index in [1.54, 1.807) is 11.1 Å². The van der Waals surface area contributed by atoms with E-state index < -0.39 is 0 Å². The van der Waals surface area contributed by atoms with Gasteiger partial charge in [-0.15, -0.1) is 0 Å². The minimum atomic E-state index is -0.327. The van der Waals surface area contributed by atoms with Crippen molar-refractivity contribution in [1.82, 2.24) is 0 Å². The molecule has 0 bridgehead atoms. The Labute approximate surface area is 157 Å². The summed E-state index contributed by atoms with van der Waals surface area (Å²) in [4.78, 5) is 0. The van der Waals surface area contributed by atoms with Crippen molar-refractivity contribution in [2.24, 2.45) is 28.6 Å². The lowest BCUT2D eigenvalue weighted by molar-refractivity contribution is -0.175. The van der Waals surface area contributed by atoms with Crippen molar-refractivity contribution in [2.45, 2.75) is 77.6 Å².